The Morgan fingerprint density at radius 3 is 1.93 bits per heavy atom. The van der Waals surface area contributed by atoms with Crippen molar-refractivity contribution in [3.63, 3.8) is 0 Å². The largest absolute Gasteiger partial charge is 0.405 e. The maximum Gasteiger partial charge on any atom is 0.261 e. The molecule has 1 heterocycles. The Hall–Kier alpha value is -1.54. The van der Waals surface area contributed by atoms with E-state index in [1.807, 2.05) is 36.4 Å². The van der Waals surface area contributed by atoms with Gasteiger partial charge in [0, 0.05) is 13.5 Å². The van der Waals surface area contributed by atoms with Gasteiger partial charge in [-0.2, -0.15) is 0 Å². The van der Waals surface area contributed by atoms with Crippen LogP contribution in [-0.4, -0.2) is 56.8 Å². The van der Waals surface area contributed by atoms with E-state index in [0.29, 0.717) is 13.0 Å². The van der Waals surface area contributed by atoms with Crippen molar-refractivity contribution >= 4 is 18.7 Å². The first kappa shape index (κ1) is 22.1. The van der Waals surface area contributed by atoms with Crippen LogP contribution < -0.4 is 10.4 Å². The molecule has 0 bridgehead atoms. The number of ether oxygens (including phenoxy) is 2. The molecule has 158 valence electrons. The number of benzene rings is 2. The van der Waals surface area contributed by atoms with Crippen molar-refractivity contribution in [1.82, 2.24) is 0 Å². The zero-order valence-corrected chi connectivity index (χ0v) is 18.6. The van der Waals surface area contributed by atoms with E-state index in [9.17, 15) is 10.2 Å². The lowest BCUT2D eigenvalue weighted by molar-refractivity contribution is -0.261. The lowest BCUT2D eigenvalue weighted by Crippen LogP contribution is -2.67. The first-order valence-electron chi connectivity index (χ1n) is 10.1. The van der Waals surface area contributed by atoms with Crippen molar-refractivity contribution < 1.29 is 24.1 Å². The number of hydrogen-bond acceptors (Lipinski definition) is 5. The molecule has 2 aromatic carbocycles. The van der Waals surface area contributed by atoms with E-state index in [1.165, 1.54) is 17.5 Å². The van der Waals surface area contributed by atoms with Gasteiger partial charge in [0.2, 0.25) is 0 Å². The molecule has 0 spiro atoms. The van der Waals surface area contributed by atoms with Gasteiger partial charge in [-0.3, -0.25) is 0 Å². The van der Waals surface area contributed by atoms with Gasteiger partial charge in [-0.1, -0.05) is 81.4 Å². The zero-order valence-electron chi connectivity index (χ0n) is 17.6. The van der Waals surface area contributed by atoms with Crippen molar-refractivity contribution in [3.05, 3.63) is 60.7 Å². The highest BCUT2D eigenvalue weighted by Gasteiger charge is 2.51. The molecule has 1 fully saturated rings. The smallest absolute Gasteiger partial charge is 0.261 e. The molecule has 0 aromatic heterocycles. The highest BCUT2D eigenvalue weighted by atomic mass is 28.4. The van der Waals surface area contributed by atoms with Crippen molar-refractivity contribution in [1.29, 1.82) is 0 Å². The van der Waals surface area contributed by atoms with Crippen LogP contribution in [0.3, 0.4) is 0 Å². The van der Waals surface area contributed by atoms with Crippen LogP contribution >= 0.6 is 0 Å². The van der Waals surface area contributed by atoms with Gasteiger partial charge >= 0.3 is 0 Å². The SMILES string of the molecule is CO[C@@H]1O[C@H](CO[Si](c2ccccc2)(c2ccccc2)C(C)(C)C)C[C@@H](O)[C@H]1O. The molecule has 5 nitrogen and oxygen atoms in total. The van der Waals surface area contributed by atoms with Crippen molar-refractivity contribution in [2.45, 2.75) is 56.8 Å². The van der Waals surface area contributed by atoms with E-state index >= 15 is 0 Å². The van der Waals surface area contributed by atoms with Crippen LogP contribution in [0, 0.1) is 0 Å². The van der Waals surface area contributed by atoms with Crippen LogP contribution in [-0.2, 0) is 13.9 Å². The lowest BCUT2D eigenvalue weighted by Gasteiger charge is -2.44. The predicted octanol–water partition coefficient (Wildman–Crippen LogP) is 2.05. The van der Waals surface area contributed by atoms with Crippen LogP contribution in [0.5, 0.6) is 0 Å². The van der Waals surface area contributed by atoms with Gasteiger partial charge in [0.25, 0.3) is 8.32 Å². The lowest BCUT2D eigenvalue weighted by atomic mass is 10.0. The Balaban J connectivity index is 1.96. The Bertz CT molecular complexity index is 722. The average Bonchev–Trinajstić information content (AvgIpc) is 2.71. The molecule has 1 aliphatic rings. The normalized spacial score (nSPS) is 25.7. The van der Waals surface area contributed by atoms with Gasteiger partial charge in [-0.25, -0.2) is 0 Å². The molecule has 0 amide bonds. The van der Waals surface area contributed by atoms with Gasteiger partial charge in [0.1, 0.15) is 6.10 Å². The minimum absolute atomic E-state index is 0.136. The molecule has 6 heteroatoms. The topological polar surface area (TPSA) is 68.2 Å². The van der Waals surface area contributed by atoms with Gasteiger partial charge in [-0.15, -0.1) is 0 Å². The maximum atomic E-state index is 10.2. The van der Waals surface area contributed by atoms with E-state index in [0.717, 1.165) is 0 Å². The summed E-state index contributed by atoms with van der Waals surface area (Å²) in [6.45, 7) is 6.98. The molecule has 1 aliphatic heterocycles. The minimum Gasteiger partial charge on any atom is -0.405 e. The second-order valence-electron chi connectivity index (χ2n) is 8.63. The molecule has 2 aromatic rings. The Morgan fingerprint density at radius 1 is 0.966 bits per heavy atom. The molecular weight excluding hydrogens is 384 g/mol. The molecule has 0 saturated carbocycles. The standard InChI is InChI=1S/C23H32O5Si/c1-23(2,3)29(18-11-7-5-8-12-18,19-13-9-6-10-14-19)27-16-17-15-20(24)21(25)22(26-4)28-17/h5-14,17,20-22,24-25H,15-16H2,1-4H3/t17-,20+,21+,22+/m0/s1. The van der Waals surface area contributed by atoms with E-state index in [2.05, 4.69) is 45.0 Å². The number of rotatable bonds is 6. The third-order valence-electron chi connectivity index (χ3n) is 5.64. The first-order chi connectivity index (χ1) is 13.8. The van der Waals surface area contributed by atoms with Crippen LogP contribution in [0.4, 0.5) is 0 Å². The maximum absolute atomic E-state index is 10.2. The fourth-order valence-corrected chi connectivity index (χ4v) is 8.79. The van der Waals surface area contributed by atoms with E-state index < -0.39 is 26.8 Å². The number of aliphatic hydroxyl groups excluding tert-OH is 2. The number of hydrogen-bond donors (Lipinski definition) is 2. The van der Waals surface area contributed by atoms with Crippen LogP contribution in [0.1, 0.15) is 27.2 Å². The summed E-state index contributed by atoms with van der Waals surface area (Å²) in [6, 6.07) is 20.8. The van der Waals surface area contributed by atoms with Crippen LogP contribution in [0.2, 0.25) is 5.04 Å². The van der Waals surface area contributed by atoms with Crippen LogP contribution in [0.15, 0.2) is 60.7 Å². The van der Waals surface area contributed by atoms with Crippen molar-refractivity contribution in [2.24, 2.45) is 0 Å². The summed E-state index contributed by atoms with van der Waals surface area (Å²) in [5.41, 5.74) is 0. The van der Waals surface area contributed by atoms with Gasteiger partial charge in [0.05, 0.1) is 18.8 Å². The third kappa shape index (κ3) is 4.48. The molecule has 1 saturated heterocycles. The number of aliphatic hydroxyl groups is 2. The summed E-state index contributed by atoms with van der Waals surface area (Å²) < 4.78 is 17.9. The first-order valence-corrected chi connectivity index (χ1v) is 12.0. The summed E-state index contributed by atoms with van der Waals surface area (Å²) in [4.78, 5) is 0. The summed E-state index contributed by atoms with van der Waals surface area (Å²) in [6.07, 6.45) is -2.86. The Kier molecular flexibility index (Phi) is 6.93. The highest BCUT2D eigenvalue weighted by molar-refractivity contribution is 6.99. The highest BCUT2D eigenvalue weighted by Crippen LogP contribution is 2.37. The van der Waals surface area contributed by atoms with E-state index in [1.54, 1.807) is 0 Å². The fourth-order valence-electron chi connectivity index (χ4n) is 4.20. The molecule has 0 radical (unpaired) electrons. The Morgan fingerprint density at radius 2 is 1.48 bits per heavy atom. The quantitative estimate of drug-likeness (QED) is 0.706. The van der Waals surface area contributed by atoms with Gasteiger partial charge in [0.15, 0.2) is 6.29 Å². The van der Waals surface area contributed by atoms with Crippen LogP contribution in [0.25, 0.3) is 0 Å². The minimum atomic E-state index is -2.67. The summed E-state index contributed by atoms with van der Waals surface area (Å²) in [5.74, 6) is 0. The molecule has 4 atom stereocenters. The van der Waals surface area contributed by atoms with E-state index in [4.69, 9.17) is 13.9 Å². The second-order valence-corrected chi connectivity index (χ2v) is 12.9. The Labute approximate surface area is 174 Å². The number of methoxy groups -OCH3 is 1. The average molecular weight is 417 g/mol. The monoisotopic (exact) mass is 416 g/mol. The fraction of sp³-hybridized carbons (Fsp3) is 0.478. The van der Waals surface area contributed by atoms with Crippen molar-refractivity contribution in [3.8, 4) is 0 Å². The van der Waals surface area contributed by atoms with E-state index in [-0.39, 0.29) is 11.1 Å². The molecule has 2 N–H and O–H groups in total. The summed E-state index contributed by atoms with van der Waals surface area (Å²) >= 11 is 0. The second kappa shape index (κ2) is 9.08. The molecule has 3 rings (SSSR count). The van der Waals surface area contributed by atoms with Gasteiger partial charge in [-0.05, 0) is 15.4 Å². The van der Waals surface area contributed by atoms with Crippen molar-refractivity contribution in [2.75, 3.05) is 13.7 Å². The molecule has 29 heavy (non-hydrogen) atoms. The third-order valence-corrected chi connectivity index (χ3v) is 10.6. The van der Waals surface area contributed by atoms with Gasteiger partial charge < -0.3 is 24.1 Å². The molecule has 0 aliphatic carbocycles. The summed E-state index contributed by atoms with van der Waals surface area (Å²) in [5, 5.41) is 22.5. The predicted molar refractivity (Wildman–Crippen MR) is 116 cm³/mol. The molecule has 0 unspecified atom stereocenters. The summed E-state index contributed by atoms with van der Waals surface area (Å²) in [7, 11) is -1.21. The molecular formula is C23H32O5Si. The zero-order chi connectivity index (χ0) is 21.1.